The minimum Gasteiger partial charge on any atom is -0.456 e. The molecule has 0 radical (unpaired) electrons. The van der Waals surface area contributed by atoms with Crippen molar-refractivity contribution < 1.29 is 13.9 Å². The molecule has 1 saturated carbocycles. The summed E-state index contributed by atoms with van der Waals surface area (Å²) in [5.41, 5.74) is 3.32. The Labute approximate surface area is 193 Å². The summed E-state index contributed by atoms with van der Waals surface area (Å²) >= 11 is 0. The summed E-state index contributed by atoms with van der Waals surface area (Å²) in [6.07, 6.45) is 6.69. The summed E-state index contributed by atoms with van der Waals surface area (Å²) in [7, 11) is 0. The van der Waals surface area contributed by atoms with Crippen LogP contribution >= 0.6 is 0 Å². The van der Waals surface area contributed by atoms with Gasteiger partial charge in [0.2, 0.25) is 5.91 Å². The van der Waals surface area contributed by atoms with Gasteiger partial charge in [0.1, 0.15) is 17.3 Å². The topological polar surface area (TPSA) is 77.5 Å². The largest absolute Gasteiger partial charge is 0.456 e. The van der Waals surface area contributed by atoms with Gasteiger partial charge in [-0.25, -0.2) is 4.39 Å². The van der Waals surface area contributed by atoms with Gasteiger partial charge >= 0.3 is 0 Å². The number of ether oxygens (including phenoxy) is 1. The Morgan fingerprint density at radius 2 is 1.94 bits per heavy atom. The number of rotatable bonds is 7. The fourth-order valence-electron chi connectivity index (χ4n) is 4.44. The second kappa shape index (κ2) is 8.98. The van der Waals surface area contributed by atoms with Crippen molar-refractivity contribution in [3.8, 4) is 11.5 Å². The zero-order valence-electron chi connectivity index (χ0n) is 18.7. The van der Waals surface area contributed by atoms with Crippen LogP contribution in [-0.4, -0.2) is 37.3 Å². The van der Waals surface area contributed by atoms with E-state index < -0.39 is 0 Å². The zero-order chi connectivity index (χ0) is 22.9. The molecule has 6 nitrogen and oxygen atoms in total. The lowest BCUT2D eigenvalue weighted by Gasteiger charge is -2.37. The average Bonchev–Trinajstić information content (AvgIpc) is 3.62. The van der Waals surface area contributed by atoms with Crippen LogP contribution in [0.5, 0.6) is 11.5 Å². The Kier molecular flexibility index (Phi) is 5.89. The summed E-state index contributed by atoms with van der Waals surface area (Å²) < 4.78 is 19.8. The number of amides is 1. The molecule has 5 rings (SSSR count). The van der Waals surface area contributed by atoms with Crippen LogP contribution in [0.4, 0.5) is 10.1 Å². The zero-order valence-corrected chi connectivity index (χ0v) is 18.7. The molecule has 0 bridgehead atoms. The van der Waals surface area contributed by atoms with E-state index in [1.54, 1.807) is 12.1 Å². The molecular weight excluding hydrogens is 419 g/mol. The van der Waals surface area contributed by atoms with Crippen molar-refractivity contribution in [3.63, 3.8) is 0 Å². The molecule has 1 saturated heterocycles. The fourth-order valence-corrected chi connectivity index (χ4v) is 4.44. The van der Waals surface area contributed by atoms with Gasteiger partial charge < -0.3 is 25.7 Å². The van der Waals surface area contributed by atoms with Crippen LogP contribution in [0.3, 0.4) is 0 Å². The van der Waals surface area contributed by atoms with E-state index in [0.29, 0.717) is 23.1 Å². The third-order valence-corrected chi connectivity index (χ3v) is 6.67. The van der Waals surface area contributed by atoms with E-state index >= 15 is 0 Å². The molecule has 2 fully saturated rings. The number of hydrogen-bond acceptors (Lipinski definition) is 5. The molecule has 0 spiro atoms. The fraction of sp³-hybridized carbons (Fsp3) is 0.385. The van der Waals surface area contributed by atoms with Gasteiger partial charge in [-0.2, -0.15) is 0 Å². The number of carbonyl (C=O) groups is 1. The molecule has 2 heterocycles. The van der Waals surface area contributed by atoms with Gasteiger partial charge in [-0.05, 0) is 69.0 Å². The highest BCUT2D eigenvalue weighted by Gasteiger charge is 2.39. The average molecular weight is 449 g/mol. The predicted molar refractivity (Wildman–Crippen MR) is 127 cm³/mol. The van der Waals surface area contributed by atoms with Gasteiger partial charge in [-0.15, -0.1) is 0 Å². The number of halogens is 1. The summed E-state index contributed by atoms with van der Waals surface area (Å²) in [5, 5.41) is 14.6. The van der Waals surface area contributed by atoms with Crippen molar-refractivity contribution in [1.29, 1.82) is 5.41 Å². The highest BCUT2D eigenvalue weighted by Crippen LogP contribution is 2.44. The third-order valence-electron chi connectivity index (χ3n) is 6.67. The minimum atomic E-state index is -0.328. The summed E-state index contributed by atoms with van der Waals surface area (Å²) in [6, 6.07) is 10.3. The molecule has 0 aromatic heterocycles. The molecule has 1 atom stereocenters. The van der Waals surface area contributed by atoms with E-state index in [-0.39, 0.29) is 23.7 Å². The molecule has 2 aromatic carbocycles. The minimum absolute atomic E-state index is 0.122. The Morgan fingerprint density at radius 3 is 2.58 bits per heavy atom. The van der Waals surface area contributed by atoms with E-state index in [0.717, 1.165) is 55.6 Å². The molecule has 33 heavy (non-hydrogen) atoms. The molecule has 1 aliphatic carbocycles. The van der Waals surface area contributed by atoms with Crippen LogP contribution in [0.1, 0.15) is 37.3 Å². The third kappa shape index (κ3) is 4.37. The van der Waals surface area contributed by atoms with Crippen LogP contribution < -0.4 is 20.3 Å². The number of fused-ring (bicyclic) bond motifs is 1. The van der Waals surface area contributed by atoms with Gasteiger partial charge in [0, 0.05) is 54.2 Å². The normalized spacial score (nSPS) is 20.6. The van der Waals surface area contributed by atoms with Crippen LogP contribution in [-0.2, 0) is 11.2 Å². The van der Waals surface area contributed by atoms with Gasteiger partial charge in [-0.1, -0.05) is 0 Å². The molecule has 172 valence electrons. The Morgan fingerprint density at radius 1 is 1.18 bits per heavy atom. The second-order valence-corrected chi connectivity index (χ2v) is 9.13. The number of allylic oxidation sites excluding steroid dienone is 1. The maximum Gasteiger partial charge on any atom is 0.230 e. The molecule has 2 aromatic rings. The number of nitrogens with one attached hydrogen (secondary N) is 3. The van der Waals surface area contributed by atoms with E-state index in [4.69, 9.17) is 10.1 Å². The van der Waals surface area contributed by atoms with Crippen molar-refractivity contribution in [2.45, 2.75) is 44.7 Å². The maximum atomic E-state index is 13.5. The molecule has 1 unspecified atom stereocenters. The van der Waals surface area contributed by atoms with Crippen molar-refractivity contribution >= 4 is 23.4 Å². The number of nitrogens with zero attached hydrogens (tertiary/aromatic N) is 1. The number of hydrogen-bond donors (Lipinski definition) is 3. The lowest BCUT2D eigenvalue weighted by Crippen LogP contribution is -2.53. The van der Waals surface area contributed by atoms with E-state index in [1.165, 1.54) is 18.3 Å². The molecule has 3 N–H and O–H groups in total. The summed E-state index contributed by atoms with van der Waals surface area (Å²) in [6.45, 7) is 3.87. The van der Waals surface area contributed by atoms with Crippen molar-refractivity contribution in [2.24, 2.45) is 5.92 Å². The summed E-state index contributed by atoms with van der Waals surface area (Å²) in [5.74, 6) is 1.13. The van der Waals surface area contributed by atoms with E-state index in [9.17, 15) is 9.18 Å². The van der Waals surface area contributed by atoms with Gasteiger partial charge in [-0.3, -0.25) is 4.79 Å². The first-order valence-corrected chi connectivity index (χ1v) is 11.7. The van der Waals surface area contributed by atoms with E-state index in [2.05, 4.69) is 17.6 Å². The first kappa shape index (κ1) is 21.6. The first-order chi connectivity index (χ1) is 16.0. The summed E-state index contributed by atoms with van der Waals surface area (Å²) in [4.78, 5) is 15.0. The van der Waals surface area contributed by atoms with Gasteiger partial charge in [0.25, 0.3) is 0 Å². The van der Waals surface area contributed by atoms with Gasteiger partial charge in [0.05, 0.1) is 11.7 Å². The van der Waals surface area contributed by atoms with Gasteiger partial charge in [0.15, 0.2) is 0 Å². The lowest BCUT2D eigenvalue weighted by atomic mass is 9.91. The molecule has 2 aliphatic heterocycles. The van der Waals surface area contributed by atoms with Crippen molar-refractivity contribution in [2.75, 3.05) is 18.0 Å². The van der Waals surface area contributed by atoms with Crippen LogP contribution in [0.15, 0.2) is 42.6 Å². The van der Waals surface area contributed by atoms with Crippen molar-refractivity contribution in [1.82, 2.24) is 10.6 Å². The number of carbonyl (C=O) groups excluding carboxylic acids is 1. The molecular formula is C26H29FN4O2. The highest BCUT2D eigenvalue weighted by molar-refractivity contribution is 6.10. The number of benzene rings is 2. The standard InChI is InChI=1S/C26H29FN4O2/c1-16-2-9-23-24(31(16)26(32)17-3-4-17)11-10-22(18(12-28)13-30-20-14-29-15-20)25(23)33-21-7-5-19(27)6-8-21/h5-8,10-13,16-17,20,28-30H,2-4,9,14-15H2,1H3/b18-13+,28-12?. The molecule has 1 amide bonds. The molecule has 7 heteroatoms. The van der Waals surface area contributed by atoms with Crippen LogP contribution in [0, 0.1) is 17.1 Å². The number of anilines is 1. The van der Waals surface area contributed by atoms with Crippen molar-refractivity contribution in [3.05, 3.63) is 59.5 Å². The highest BCUT2D eigenvalue weighted by atomic mass is 19.1. The molecule has 3 aliphatic rings. The monoisotopic (exact) mass is 448 g/mol. The van der Waals surface area contributed by atoms with E-state index in [1.807, 2.05) is 23.2 Å². The Hall–Kier alpha value is -3.19. The second-order valence-electron chi connectivity index (χ2n) is 9.13. The van der Waals surface area contributed by atoms with Crippen LogP contribution in [0.2, 0.25) is 0 Å². The SMILES string of the molecule is CC1CCc2c(ccc(/C(C=N)=C/NC3CNC3)c2Oc2ccc(F)cc2)N1C(=O)C1CC1. The quantitative estimate of drug-likeness (QED) is 0.554. The predicted octanol–water partition coefficient (Wildman–Crippen LogP) is 4.25. The lowest BCUT2D eigenvalue weighted by molar-refractivity contribution is -0.120. The Balaban J connectivity index is 1.58. The maximum absolute atomic E-state index is 13.5. The Bertz CT molecular complexity index is 1090. The van der Waals surface area contributed by atoms with Crippen LogP contribution in [0.25, 0.3) is 5.57 Å². The smallest absolute Gasteiger partial charge is 0.230 e. The first-order valence-electron chi connectivity index (χ1n) is 11.7.